The molecule has 1 fully saturated rings. The fraction of sp³-hybridized carbons (Fsp3) is 0.636. The van der Waals surface area contributed by atoms with Gasteiger partial charge >= 0.3 is 0 Å². The molecule has 0 amide bonds. The first kappa shape index (κ1) is 10.2. The number of hydrogen-bond donors (Lipinski definition) is 1. The van der Waals surface area contributed by atoms with E-state index < -0.39 is 0 Å². The largest absolute Gasteiger partial charge is 0.356 e. The molecule has 0 unspecified atom stereocenters. The monoisotopic (exact) mass is 206 g/mol. The van der Waals surface area contributed by atoms with Crippen LogP contribution in [0.2, 0.25) is 0 Å². The highest BCUT2D eigenvalue weighted by Crippen LogP contribution is 2.16. The molecule has 1 aliphatic rings. The summed E-state index contributed by atoms with van der Waals surface area (Å²) in [5.74, 6) is 0.782. The Kier molecular flexibility index (Phi) is 2.75. The zero-order valence-corrected chi connectivity index (χ0v) is 9.45. The maximum atomic E-state index is 7.87. The fourth-order valence-corrected chi connectivity index (χ4v) is 1.97. The SMILES string of the molecule is Cc1c(CN2CCCCC2=N)cnn1C. The quantitative estimate of drug-likeness (QED) is 0.800. The summed E-state index contributed by atoms with van der Waals surface area (Å²) in [6.45, 7) is 3.95. The van der Waals surface area contributed by atoms with E-state index in [2.05, 4.69) is 16.9 Å². The van der Waals surface area contributed by atoms with E-state index in [9.17, 15) is 0 Å². The third-order valence-electron chi connectivity index (χ3n) is 3.17. The minimum absolute atomic E-state index is 0.782. The van der Waals surface area contributed by atoms with Crippen LogP contribution in [0.1, 0.15) is 30.5 Å². The van der Waals surface area contributed by atoms with E-state index in [1.54, 1.807) is 0 Å². The molecule has 4 heteroatoms. The van der Waals surface area contributed by atoms with Gasteiger partial charge in [0, 0.05) is 37.8 Å². The molecule has 1 saturated heterocycles. The average Bonchev–Trinajstić information content (AvgIpc) is 2.53. The Morgan fingerprint density at radius 1 is 1.47 bits per heavy atom. The molecular formula is C11H18N4. The second kappa shape index (κ2) is 4.04. The molecule has 1 aliphatic heterocycles. The van der Waals surface area contributed by atoms with Crippen molar-refractivity contribution in [2.75, 3.05) is 6.54 Å². The lowest BCUT2D eigenvalue weighted by atomic mass is 10.1. The molecule has 1 aromatic heterocycles. The molecule has 1 N–H and O–H groups in total. The summed E-state index contributed by atoms with van der Waals surface area (Å²) in [6.07, 6.45) is 5.22. The molecule has 2 heterocycles. The van der Waals surface area contributed by atoms with Crippen molar-refractivity contribution in [1.82, 2.24) is 14.7 Å². The summed E-state index contributed by atoms with van der Waals surface area (Å²) < 4.78 is 1.89. The Morgan fingerprint density at radius 3 is 2.87 bits per heavy atom. The van der Waals surface area contributed by atoms with E-state index in [1.165, 1.54) is 24.1 Å². The Labute approximate surface area is 90.4 Å². The molecule has 0 atom stereocenters. The summed E-state index contributed by atoms with van der Waals surface area (Å²) in [4.78, 5) is 2.16. The molecule has 2 rings (SSSR count). The Hall–Kier alpha value is -1.32. The molecule has 0 bridgehead atoms. The first-order chi connectivity index (χ1) is 7.18. The van der Waals surface area contributed by atoms with Crippen molar-refractivity contribution in [2.45, 2.75) is 32.7 Å². The number of rotatable bonds is 2. The van der Waals surface area contributed by atoms with Gasteiger partial charge in [-0.3, -0.25) is 10.1 Å². The van der Waals surface area contributed by atoms with Crippen LogP contribution in [0.4, 0.5) is 0 Å². The fourth-order valence-electron chi connectivity index (χ4n) is 1.97. The van der Waals surface area contributed by atoms with E-state index in [0.29, 0.717) is 0 Å². The van der Waals surface area contributed by atoms with Crippen molar-refractivity contribution in [2.24, 2.45) is 7.05 Å². The van der Waals surface area contributed by atoms with Gasteiger partial charge in [-0.1, -0.05) is 0 Å². The second-order valence-corrected chi connectivity index (χ2v) is 4.20. The predicted octanol–water partition coefficient (Wildman–Crippen LogP) is 1.69. The van der Waals surface area contributed by atoms with Crippen LogP contribution >= 0.6 is 0 Å². The average molecular weight is 206 g/mol. The van der Waals surface area contributed by atoms with Crippen LogP contribution in [-0.2, 0) is 13.6 Å². The van der Waals surface area contributed by atoms with Gasteiger partial charge in [0.2, 0.25) is 0 Å². The molecule has 0 aromatic carbocycles. The normalized spacial score (nSPS) is 17.2. The molecule has 82 valence electrons. The van der Waals surface area contributed by atoms with E-state index in [1.807, 2.05) is 17.9 Å². The van der Waals surface area contributed by atoms with Gasteiger partial charge in [-0.25, -0.2) is 0 Å². The van der Waals surface area contributed by atoms with Crippen molar-refractivity contribution in [3.63, 3.8) is 0 Å². The van der Waals surface area contributed by atoms with Crippen LogP contribution < -0.4 is 0 Å². The number of aryl methyl sites for hydroxylation is 1. The minimum atomic E-state index is 0.782. The Balaban J connectivity index is 2.07. The highest BCUT2D eigenvalue weighted by molar-refractivity contribution is 5.79. The Morgan fingerprint density at radius 2 is 2.27 bits per heavy atom. The lowest BCUT2D eigenvalue weighted by Gasteiger charge is -2.29. The summed E-state index contributed by atoms with van der Waals surface area (Å²) in [7, 11) is 1.96. The summed E-state index contributed by atoms with van der Waals surface area (Å²) >= 11 is 0. The number of likely N-dealkylation sites (tertiary alicyclic amines) is 1. The molecule has 1 aromatic rings. The van der Waals surface area contributed by atoms with Gasteiger partial charge in [0.05, 0.1) is 12.0 Å². The maximum absolute atomic E-state index is 7.87. The molecule has 4 nitrogen and oxygen atoms in total. The smallest absolute Gasteiger partial charge is 0.0960 e. The highest BCUT2D eigenvalue weighted by atomic mass is 15.3. The lowest BCUT2D eigenvalue weighted by Crippen LogP contribution is -2.34. The van der Waals surface area contributed by atoms with E-state index >= 15 is 0 Å². The second-order valence-electron chi connectivity index (χ2n) is 4.20. The van der Waals surface area contributed by atoms with Gasteiger partial charge in [0.1, 0.15) is 0 Å². The minimum Gasteiger partial charge on any atom is -0.356 e. The summed E-state index contributed by atoms with van der Waals surface area (Å²) in [6, 6.07) is 0. The van der Waals surface area contributed by atoms with Gasteiger partial charge in [-0.05, 0) is 19.8 Å². The van der Waals surface area contributed by atoms with Crippen molar-refractivity contribution < 1.29 is 0 Å². The third kappa shape index (κ3) is 2.03. The number of hydrogen-bond acceptors (Lipinski definition) is 2. The predicted molar refractivity (Wildman–Crippen MR) is 59.9 cm³/mol. The summed E-state index contributed by atoms with van der Waals surface area (Å²) in [5, 5.41) is 12.1. The van der Waals surface area contributed by atoms with E-state index in [0.717, 1.165) is 25.3 Å². The van der Waals surface area contributed by atoms with Crippen LogP contribution in [0.25, 0.3) is 0 Å². The number of aromatic nitrogens is 2. The molecule has 15 heavy (non-hydrogen) atoms. The topological polar surface area (TPSA) is 44.9 Å². The van der Waals surface area contributed by atoms with Crippen molar-refractivity contribution >= 4 is 5.84 Å². The molecular weight excluding hydrogens is 188 g/mol. The molecule has 0 saturated carbocycles. The third-order valence-corrected chi connectivity index (χ3v) is 3.17. The number of nitrogens with one attached hydrogen (secondary N) is 1. The highest BCUT2D eigenvalue weighted by Gasteiger charge is 2.16. The van der Waals surface area contributed by atoms with Gasteiger partial charge in [0.25, 0.3) is 0 Å². The zero-order chi connectivity index (χ0) is 10.8. The number of amidine groups is 1. The van der Waals surface area contributed by atoms with E-state index in [-0.39, 0.29) is 0 Å². The van der Waals surface area contributed by atoms with Crippen LogP contribution in [-0.4, -0.2) is 27.1 Å². The van der Waals surface area contributed by atoms with Crippen LogP contribution in [0.3, 0.4) is 0 Å². The number of piperidine rings is 1. The zero-order valence-electron chi connectivity index (χ0n) is 9.45. The van der Waals surface area contributed by atoms with Gasteiger partial charge in [-0.15, -0.1) is 0 Å². The van der Waals surface area contributed by atoms with Crippen molar-refractivity contribution in [3.8, 4) is 0 Å². The van der Waals surface area contributed by atoms with Gasteiger partial charge in [0.15, 0.2) is 0 Å². The standard InChI is InChI=1S/C11H18N4/c1-9-10(7-13-14(9)2)8-15-6-4-3-5-11(15)12/h7,12H,3-6,8H2,1-2H3. The number of nitrogens with zero attached hydrogens (tertiary/aromatic N) is 3. The maximum Gasteiger partial charge on any atom is 0.0960 e. The molecule has 0 radical (unpaired) electrons. The molecule has 0 aliphatic carbocycles. The van der Waals surface area contributed by atoms with Gasteiger partial charge in [-0.2, -0.15) is 5.10 Å². The van der Waals surface area contributed by atoms with Crippen LogP contribution in [0.15, 0.2) is 6.20 Å². The Bertz CT molecular complexity index is 367. The van der Waals surface area contributed by atoms with Crippen molar-refractivity contribution in [1.29, 1.82) is 5.41 Å². The van der Waals surface area contributed by atoms with E-state index in [4.69, 9.17) is 5.41 Å². The first-order valence-corrected chi connectivity index (χ1v) is 5.48. The van der Waals surface area contributed by atoms with Gasteiger partial charge < -0.3 is 4.90 Å². The lowest BCUT2D eigenvalue weighted by molar-refractivity contribution is 0.360. The summed E-state index contributed by atoms with van der Waals surface area (Å²) in [5.41, 5.74) is 2.44. The first-order valence-electron chi connectivity index (χ1n) is 5.48. The van der Waals surface area contributed by atoms with Crippen LogP contribution in [0.5, 0.6) is 0 Å². The van der Waals surface area contributed by atoms with Crippen LogP contribution in [0, 0.1) is 12.3 Å². The van der Waals surface area contributed by atoms with Crippen molar-refractivity contribution in [3.05, 3.63) is 17.5 Å². The molecule has 0 spiro atoms.